The number of primary amides is 1. The third kappa shape index (κ3) is 3.79. The highest BCUT2D eigenvalue weighted by molar-refractivity contribution is 7.12. The van der Waals surface area contributed by atoms with Crippen molar-refractivity contribution in [2.75, 3.05) is 0 Å². The molecule has 4 aromatic rings. The molecule has 3 N–H and O–H groups in total. The van der Waals surface area contributed by atoms with E-state index in [0.717, 1.165) is 11.3 Å². The van der Waals surface area contributed by atoms with Crippen molar-refractivity contribution < 1.29 is 4.79 Å². The maximum atomic E-state index is 13.4. The molecule has 4 rings (SSSR count). The predicted molar refractivity (Wildman–Crippen MR) is 119 cm³/mol. The molecule has 154 valence electrons. The van der Waals surface area contributed by atoms with Crippen LogP contribution < -0.4 is 11.3 Å². The number of hydrogen-bond acceptors (Lipinski definition) is 5. The largest absolute Gasteiger partial charge is 0.369 e. The fourth-order valence-corrected chi connectivity index (χ4v) is 4.45. The van der Waals surface area contributed by atoms with Crippen molar-refractivity contribution in [2.24, 2.45) is 11.7 Å². The van der Waals surface area contributed by atoms with Gasteiger partial charge in [0.25, 0.3) is 5.56 Å². The maximum absolute atomic E-state index is 13.4. The molecule has 1 amide bonds. The first kappa shape index (κ1) is 20.3. The van der Waals surface area contributed by atoms with Crippen LogP contribution in [0.2, 0.25) is 0 Å². The van der Waals surface area contributed by atoms with E-state index >= 15 is 0 Å². The number of nitrogens with zero attached hydrogens (tertiary/aromatic N) is 3. The number of amides is 1. The van der Waals surface area contributed by atoms with Crippen LogP contribution in [0, 0.1) is 24.2 Å². The molecule has 0 spiro atoms. The Labute approximate surface area is 182 Å². The summed E-state index contributed by atoms with van der Waals surface area (Å²) < 4.78 is 1.35. The number of H-pyrrole nitrogens is 1. The lowest BCUT2D eigenvalue weighted by atomic mass is 9.81. The first-order chi connectivity index (χ1) is 15.0. The predicted octanol–water partition coefficient (Wildman–Crippen LogP) is 3.35. The van der Waals surface area contributed by atoms with Gasteiger partial charge in [-0.05, 0) is 12.5 Å². The smallest absolute Gasteiger partial charge is 0.277 e. The first-order valence-electron chi connectivity index (χ1n) is 9.58. The summed E-state index contributed by atoms with van der Waals surface area (Å²) >= 11 is 1.33. The number of carbonyl (C=O) groups excluding carboxylic acids is 1. The monoisotopic (exact) mass is 429 g/mol. The van der Waals surface area contributed by atoms with Crippen molar-refractivity contribution in [3.05, 3.63) is 93.2 Å². The molecule has 0 unspecified atom stereocenters. The molecule has 2 atom stereocenters. The number of nitrogens with one attached hydrogen (secondary N) is 1. The van der Waals surface area contributed by atoms with Crippen molar-refractivity contribution in [3.63, 3.8) is 0 Å². The Morgan fingerprint density at radius 2 is 1.81 bits per heavy atom. The summed E-state index contributed by atoms with van der Waals surface area (Å²) in [6.45, 7) is 1.74. The van der Waals surface area contributed by atoms with Gasteiger partial charge in [-0.25, -0.2) is 4.98 Å². The van der Waals surface area contributed by atoms with E-state index in [9.17, 15) is 14.9 Å². The Bertz CT molecular complexity index is 1320. The SMILES string of the molecule is Cc1[nH]n(-c2nc(-c3ccccc3)cs2)c(=O)c1[C@@H](c1ccccc1)[C@@H](C#N)C(N)=O. The van der Waals surface area contributed by atoms with E-state index in [1.54, 1.807) is 31.2 Å². The number of thiazole rings is 1. The van der Waals surface area contributed by atoms with Gasteiger partial charge in [0.05, 0.1) is 11.8 Å². The van der Waals surface area contributed by atoms with Crippen molar-refractivity contribution in [1.82, 2.24) is 14.8 Å². The number of hydrogen-bond donors (Lipinski definition) is 2. The van der Waals surface area contributed by atoms with Gasteiger partial charge in [-0.3, -0.25) is 14.7 Å². The number of carbonyl (C=O) groups is 1. The lowest BCUT2D eigenvalue weighted by molar-refractivity contribution is -0.120. The van der Waals surface area contributed by atoms with E-state index in [-0.39, 0.29) is 5.56 Å². The van der Waals surface area contributed by atoms with Gasteiger partial charge in [0.15, 0.2) is 0 Å². The van der Waals surface area contributed by atoms with E-state index in [2.05, 4.69) is 10.1 Å². The molecule has 2 aromatic heterocycles. The molecule has 0 aliphatic rings. The molecule has 0 saturated carbocycles. The van der Waals surface area contributed by atoms with E-state index in [0.29, 0.717) is 22.0 Å². The highest BCUT2D eigenvalue weighted by atomic mass is 32.1. The van der Waals surface area contributed by atoms with Crippen LogP contribution in [0.15, 0.2) is 70.8 Å². The molecule has 0 bridgehead atoms. The lowest BCUT2D eigenvalue weighted by Gasteiger charge is -2.19. The average molecular weight is 430 g/mol. The number of nitriles is 1. The summed E-state index contributed by atoms with van der Waals surface area (Å²) in [4.78, 5) is 30.1. The number of aromatic amines is 1. The van der Waals surface area contributed by atoms with Crippen molar-refractivity contribution >= 4 is 17.2 Å². The van der Waals surface area contributed by atoms with E-state index in [4.69, 9.17) is 5.73 Å². The van der Waals surface area contributed by atoms with Gasteiger partial charge >= 0.3 is 0 Å². The molecular weight excluding hydrogens is 410 g/mol. The second kappa shape index (κ2) is 8.42. The zero-order chi connectivity index (χ0) is 22.0. The average Bonchev–Trinajstić information content (AvgIpc) is 3.38. The van der Waals surface area contributed by atoms with Crippen LogP contribution in [0.25, 0.3) is 16.4 Å². The normalized spacial score (nSPS) is 12.8. The molecule has 0 aliphatic carbocycles. The van der Waals surface area contributed by atoms with Crippen molar-refractivity contribution in [3.8, 4) is 22.5 Å². The second-order valence-corrected chi connectivity index (χ2v) is 7.91. The second-order valence-electron chi connectivity index (χ2n) is 7.07. The summed E-state index contributed by atoms with van der Waals surface area (Å²) in [5, 5.41) is 15.0. The third-order valence-electron chi connectivity index (χ3n) is 5.12. The molecule has 2 heterocycles. The van der Waals surface area contributed by atoms with Gasteiger partial charge in [-0.1, -0.05) is 60.7 Å². The zero-order valence-electron chi connectivity index (χ0n) is 16.6. The van der Waals surface area contributed by atoms with Crippen molar-refractivity contribution in [1.29, 1.82) is 5.26 Å². The molecule has 8 heteroatoms. The van der Waals surface area contributed by atoms with Gasteiger partial charge < -0.3 is 5.73 Å². The fourth-order valence-electron chi connectivity index (χ4n) is 3.66. The molecule has 0 fully saturated rings. The number of benzene rings is 2. The standard InChI is InChI=1S/C23H19N5O2S/c1-14-19(20(17(12-24)21(25)29)16-10-6-3-7-11-16)22(30)28(27-14)23-26-18(13-31-23)15-8-4-2-5-9-15/h2-11,13,17,20,27H,1H3,(H2,25,29)/t17-,20+/m1/s1. The van der Waals surface area contributed by atoms with Gasteiger partial charge in [-0.15, -0.1) is 11.3 Å². The van der Waals surface area contributed by atoms with Crippen LogP contribution in [-0.4, -0.2) is 20.7 Å². The maximum Gasteiger partial charge on any atom is 0.277 e. The molecule has 7 nitrogen and oxygen atoms in total. The summed E-state index contributed by atoms with van der Waals surface area (Å²) in [6, 6.07) is 20.6. The summed E-state index contributed by atoms with van der Waals surface area (Å²) in [6.07, 6.45) is 0. The molecule has 0 radical (unpaired) electrons. The highest BCUT2D eigenvalue weighted by Gasteiger charge is 2.34. The Balaban J connectivity index is 1.83. The third-order valence-corrected chi connectivity index (χ3v) is 5.94. The first-order valence-corrected chi connectivity index (χ1v) is 10.5. The summed E-state index contributed by atoms with van der Waals surface area (Å²) in [7, 11) is 0. The van der Waals surface area contributed by atoms with E-state index < -0.39 is 17.7 Å². The number of aromatic nitrogens is 3. The van der Waals surface area contributed by atoms with Crippen LogP contribution in [0.4, 0.5) is 0 Å². The topological polar surface area (TPSA) is 118 Å². The molecule has 0 saturated heterocycles. The molecule has 2 aromatic carbocycles. The van der Waals surface area contributed by atoms with Crippen LogP contribution in [0.5, 0.6) is 0 Å². The quantitative estimate of drug-likeness (QED) is 0.489. The Kier molecular flexibility index (Phi) is 5.52. The summed E-state index contributed by atoms with van der Waals surface area (Å²) in [5.41, 5.74) is 8.41. The number of nitrogens with two attached hydrogens (primary N) is 1. The Morgan fingerprint density at radius 1 is 1.16 bits per heavy atom. The minimum absolute atomic E-state index is 0.327. The molecule has 31 heavy (non-hydrogen) atoms. The number of aryl methyl sites for hydroxylation is 1. The summed E-state index contributed by atoms with van der Waals surface area (Å²) in [5.74, 6) is -2.75. The van der Waals surface area contributed by atoms with Gasteiger partial charge in [-0.2, -0.15) is 9.94 Å². The fraction of sp³-hybridized carbons (Fsp3) is 0.130. The Hall–Kier alpha value is -3.96. The van der Waals surface area contributed by atoms with Crippen LogP contribution in [0.3, 0.4) is 0 Å². The highest BCUT2D eigenvalue weighted by Crippen LogP contribution is 2.32. The zero-order valence-corrected chi connectivity index (χ0v) is 17.5. The molecular formula is C23H19N5O2S. The van der Waals surface area contributed by atoms with Gasteiger partial charge in [0.2, 0.25) is 11.0 Å². The Morgan fingerprint density at radius 3 is 2.42 bits per heavy atom. The van der Waals surface area contributed by atoms with Crippen LogP contribution in [-0.2, 0) is 4.79 Å². The van der Waals surface area contributed by atoms with E-state index in [1.807, 2.05) is 47.8 Å². The minimum Gasteiger partial charge on any atom is -0.369 e. The van der Waals surface area contributed by atoms with Crippen molar-refractivity contribution in [2.45, 2.75) is 12.8 Å². The van der Waals surface area contributed by atoms with E-state index in [1.165, 1.54) is 16.0 Å². The van der Waals surface area contributed by atoms with Gasteiger partial charge in [0.1, 0.15) is 5.92 Å². The van der Waals surface area contributed by atoms with Crippen LogP contribution >= 0.6 is 11.3 Å². The van der Waals surface area contributed by atoms with Gasteiger partial charge in [0, 0.05) is 28.1 Å². The minimum atomic E-state index is -1.19. The van der Waals surface area contributed by atoms with Crippen LogP contribution in [0.1, 0.15) is 22.7 Å². The molecule has 0 aliphatic heterocycles. The number of rotatable bonds is 6. The lowest BCUT2D eigenvalue weighted by Crippen LogP contribution is -2.31.